The minimum atomic E-state index is 0. The first-order valence-electron chi connectivity index (χ1n) is 6.76. The second kappa shape index (κ2) is 16.3. The molecule has 0 unspecified atom stereocenters. The Kier molecular flexibility index (Phi) is 18.9. The maximum Gasteiger partial charge on any atom is 0.139 e. The smallest absolute Gasteiger partial charge is 0.139 e. The van der Waals surface area contributed by atoms with Crippen molar-refractivity contribution in [1.29, 1.82) is 0 Å². The van der Waals surface area contributed by atoms with Gasteiger partial charge < -0.3 is 4.79 Å². The van der Waals surface area contributed by atoms with Crippen LogP contribution < -0.4 is 0 Å². The van der Waals surface area contributed by atoms with E-state index in [2.05, 4.69) is 6.92 Å². The molecule has 0 aromatic heterocycles. The normalized spacial score (nSPS) is 9.71. The third kappa shape index (κ3) is 16.3. The summed E-state index contributed by atoms with van der Waals surface area (Å²) < 4.78 is 0. The largest absolute Gasteiger partial charge is 0.303 e. The van der Waals surface area contributed by atoms with E-state index in [0.717, 1.165) is 12.8 Å². The molecule has 0 saturated carbocycles. The van der Waals surface area contributed by atoms with E-state index in [9.17, 15) is 9.59 Å². The van der Waals surface area contributed by atoms with Crippen molar-refractivity contribution in [2.24, 2.45) is 0 Å². The molecule has 0 aromatic carbocycles. The SMILES string of the molecule is CCCCCCCCCCCC(=O)CC=O.[Na]. The van der Waals surface area contributed by atoms with Crippen LogP contribution in [0.4, 0.5) is 0 Å². The van der Waals surface area contributed by atoms with Crippen molar-refractivity contribution in [1.82, 2.24) is 0 Å². The second-order valence-corrected chi connectivity index (χ2v) is 4.49. The Morgan fingerprint density at radius 3 is 1.82 bits per heavy atom. The van der Waals surface area contributed by atoms with Crippen LogP contribution in [0.3, 0.4) is 0 Å². The Bertz CT molecular complexity index is 181. The number of hydrogen-bond donors (Lipinski definition) is 0. The Morgan fingerprint density at radius 2 is 1.35 bits per heavy atom. The van der Waals surface area contributed by atoms with Gasteiger partial charge in [0.25, 0.3) is 0 Å². The predicted molar refractivity (Wildman–Crippen MR) is 73.3 cm³/mol. The molecular weight excluding hydrogens is 223 g/mol. The molecule has 0 heterocycles. The summed E-state index contributed by atoms with van der Waals surface area (Å²) in [7, 11) is 0. The molecule has 0 fully saturated rings. The van der Waals surface area contributed by atoms with Crippen LogP contribution in [0.25, 0.3) is 0 Å². The maximum absolute atomic E-state index is 11.0. The van der Waals surface area contributed by atoms with Crippen molar-refractivity contribution in [3.05, 3.63) is 0 Å². The molecule has 1 radical (unpaired) electrons. The van der Waals surface area contributed by atoms with Crippen molar-refractivity contribution >= 4 is 41.6 Å². The number of unbranched alkanes of at least 4 members (excludes halogenated alkanes) is 8. The van der Waals surface area contributed by atoms with Crippen LogP contribution in [-0.2, 0) is 9.59 Å². The van der Waals surface area contributed by atoms with Gasteiger partial charge in [-0.05, 0) is 6.42 Å². The Hall–Kier alpha value is 0.340. The molecule has 0 atom stereocenters. The summed E-state index contributed by atoms with van der Waals surface area (Å²) in [5.41, 5.74) is 0. The number of aldehydes is 1. The fourth-order valence-electron chi connectivity index (χ4n) is 1.83. The zero-order valence-electron chi connectivity index (χ0n) is 11.7. The van der Waals surface area contributed by atoms with Gasteiger partial charge in [-0.15, -0.1) is 0 Å². The monoisotopic (exact) mass is 249 g/mol. The molecule has 0 spiro atoms. The van der Waals surface area contributed by atoms with E-state index in [4.69, 9.17) is 0 Å². The summed E-state index contributed by atoms with van der Waals surface area (Å²) in [6.45, 7) is 2.23. The summed E-state index contributed by atoms with van der Waals surface area (Å²) in [4.78, 5) is 21.1. The summed E-state index contributed by atoms with van der Waals surface area (Å²) in [5.74, 6) is 0.0953. The average molecular weight is 249 g/mol. The molecule has 17 heavy (non-hydrogen) atoms. The molecule has 0 aliphatic carbocycles. The van der Waals surface area contributed by atoms with Crippen molar-refractivity contribution in [2.75, 3.05) is 0 Å². The van der Waals surface area contributed by atoms with Crippen LogP contribution in [0.2, 0.25) is 0 Å². The summed E-state index contributed by atoms with van der Waals surface area (Å²) in [6, 6.07) is 0. The van der Waals surface area contributed by atoms with E-state index in [-0.39, 0.29) is 41.8 Å². The topological polar surface area (TPSA) is 34.1 Å². The van der Waals surface area contributed by atoms with Crippen molar-refractivity contribution in [3.63, 3.8) is 0 Å². The number of rotatable bonds is 12. The summed E-state index contributed by atoms with van der Waals surface area (Å²) >= 11 is 0. The second-order valence-electron chi connectivity index (χ2n) is 4.49. The molecule has 3 heteroatoms. The van der Waals surface area contributed by atoms with Crippen molar-refractivity contribution in [2.45, 2.75) is 77.6 Å². The molecule has 0 aliphatic rings. The van der Waals surface area contributed by atoms with Gasteiger partial charge in [0.15, 0.2) is 0 Å². The molecule has 0 bridgehead atoms. The van der Waals surface area contributed by atoms with Crippen LogP contribution in [0.5, 0.6) is 0 Å². The molecular formula is C14H26NaO2. The third-order valence-electron chi connectivity index (χ3n) is 2.87. The fraction of sp³-hybridized carbons (Fsp3) is 0.857. The number of carbonyl (C=O) groups excluding carboxylic acids is 2. The Balaban J connectivity index is 0. The summed E-state index contributed by atoms with van der Waals surface area (Å²) in [5, 5.41) is 0. The number of hydrogen-bond acceptors (Lipinski definition) is 2. The molecule has 0 rings (SSSR count). The van der Waals surface area contributed by atoms with E-state index < -0.39 is 0 Å². The summed E-state index contributed by atoms with van der Waals surface area (Å²) in [6.07, 6.45) is 12.8. The van der Waals surface area contributed by atoms with Gasteiger partial charge in [-0.1, -0.05) is 58.3 Å². The van der Waals surface area contributed by atoms with E-state index in [0.29, 0.717) is 12.7 Å². The molecule has 0 N–H and O–H groups in total. The first-order valence-corrected chi connectivity index (χ1v) is 6.76. The van der Waals surface area contributed by atoms with E-state index in [1.54, 1.807) is 0 Å². The van der Waals surface area contributed by atoms with Crippen LogP contribution in [0.1, 0.15) is 77.6 Å². The number of Topliss-reactive ketones (excluding diaryl/α,β-unsaturated/α-hetero) is 1. The van der Waals surface area contributed by atoms with Crippen LogP contribution >= 0.6 is 0 Å². The zero-order chi connectivity index (χ0) is 12.1. The van der Waals surface area contributed by atoms with Gasteiger partial charge in [-0.3, -0.25) is 4.79 Å². The van der Waals surface area contributed by atoms with Gasteiger partial charge in [0.05, 0.1) is 6.42 Å². The van der Waals surface area contributed by atoms with Gasteiger partial charge in [0.2, 0.25) is 0 Å². The fourth-order valence-corrected chi connectivity index (χ4v) is 1.83. The standard InChI is InChI=1S/C14H26O2.Na/c1-2-3-4-5-6-7-8-9-10-11-14(16)12-13-15;/h13H,2-12H2,1H3;. The van der Waals surface area contributed by atoms with Gasteiger partial charge in [0.1, 0.15) is 12.1 Å². The first kappa shape index (κ1) is 19.7. The minimum absolute atomic E-state index is 0. The van der Waals surface area contributed by atoms with Crippen LogP contribution in [0.15, 0.2) is 0 Å². The molecule has 2 nitrogen and oxygen atoms in total. The molecule has 0 amide bonds. The Morgan fingerprint density at radius 1 is 0.882 bits per heavy atom. The van der Waals surface area contributed by atoms with Gasteiger partial charge in [0, 0.05) is 36.0 Å². The van der Waals surface area contributed by atoms with E-state index >= 15 is 0 Å². The van der Waals surface area contributed by atoms with E-state index in [1.807, 2.05) is 0 Å². The van der Waals surface area contributed by atoms with Crippen LogP contribution in [-0.4, -0.2) is 41.6 Å². The van der Waals surface area contributed by atoms with Crippen molar-refractivity contribution < 1.29 is 9.59 Å². The molecule has 95 valence electrons. The van der Waals surface area contributed by atoms with Gasteiger partial charge in [-0.2, -0.15) is 0 Å². The Labute approximate surface area is 128 Å². The van der Waals surface area contributed by atoms with Gasteiger partial charge in [-0.25, -0.2) is 0 Å². The first-order chi connectivity index (χ1) is 7.81. The maximum atomic E-state index is 11.0. The number of ketones is 1. The van der Waals surface area contributed by atoms with E-state index in [1.165, 1.54) is 44.9 Å². The minimum Gasteiger partial charge on any atom is -0.303 e. The average Bonchev–Trinajstić information content (AvgIpc) is 2.27. The molecule has 0 aromatic rings. The predicted octanol–water partition coefficient (Wildman–Crippen LogP) is 3.68. The van der Waals surface area contributed by atoms with Gasteiger partial charge >= 0.3 is 0 Å². The number of carbonyl (C=O) groups is 2. The third-order valence-corrected chi connectivity index (χ3v) is 2.87. The molecule has 0 aliphatic heterocycles. The van der Waals surface area contributed by atoms with Crippen LogP contribution in [0, 0.1) is 0 Å². The van der Waals surface area contributed by atoms with Crippen molar-refractivity contribution in [3.8, 4) is 0 Å². The zero-order valence-corrected chi connectivity index (χ0v) is 13.7. The molecule has 0 saturated heterocycles. The quantitative estimate of drug-likeness (QED) is 0.229.